The van der Waals surface area contributed by atoms with Crippen molar-refractivity contribution in [1.29, 1.82) is 0 Å². The number of carbonyl (C=O) groups is 1. The van der Waals surface area contributed by atoms with Crippen LogP contribution in [0.2, 0.25) is 0 Å². The molecule has 1 aromatic carbocycles. The molecule has 0 aliphatic rings. The van der Waals surface area contributed by atoms with Crippen molar-refractivity contribution in [2.45, 2.75) is 11.8 Å². The average Bonchev–Trinajstić information content (AvgIpc) is 2.21. The number of anilines is 1. The summed E-state index contributed by atoms with van der Waals surface area (Å²) in [7, 11) is 0. The van der Waals surface area contributed by atoms with E-state index in [1.165, 1.54) is 4.90 Å². The maximum atomic E-state index is 10.6. The summed E-state index contributed by atoms with van der Waals surface area (Å²) >= 11 is 1.70. The fourth-order valence-electron chi connectivity index (χ4n) is 1.09. The first-order chi connectivity index (χ1) is 6.31. The number of benzene rings is 1. The number of hydrogen-bond donors (Lipinski definition) is 0. The van der Waals surface area contributed by atoms with Gasteiger partial charge in [0, 0.05) is 17.1 Å². The molecule has 0 spiro atoms. The highest BCUT2D eigenvalue weighted by atomic mass is 32.2. The molecule has 0 saturated carbocycles. The van der Waals surface area contributed by atoms with Gasteiger partial charge in [-0.1, -0.05) is 0 Å². The standard InChI is InChI=1S/C10H13NOS/c1-3-11(8-12)9-4-6-10(13-2)7-5-9/h4-8H,3H2,1-2H3. The Morgan fingerprint density at radius 2 is 2.00 bits per heavy atom. The quantitative estimate of drug-likeness (QED) is 0.543. The fraction of sp³-hybridized carbons (Fsp3) is 0.300. The van der Waals surface area contributed by atoms with Gasteiger partial charge in [0.2, 0.25) is 6.41 Å². The maximum absolute atomic E-state index is 10.6. The van der Waals surface area contributed by atoms with Gasteiger partial charge in [-0.05, 0) is 37.4 Å². The molecule has 2 nitrogen and oxygen atoms in total. The molecule has 0 bridgehead atoms. The predicted molar refractivity (Wildman–Crippen MR) is 57.3 cm³/mol. The summed E-state index contributed by atoms with van der Waals surface area (Å²) in [5.74, 6) is 0. The van der Waals surface area contributed by atoms with Crippen LogP contribution < -0.4 is 4.90 Å². The van der Waals surface area contributed by atoms with E-state index in [4.69, 9.17) is 0 Å². The zero-order valence-electron chi connectivity index (χ0n) is 7.86. The molecule has 0 fully saturated rings. The molecule has 0 atom stereocenters. The molecule has 0 radical (unpaired) electrons. The van der Waals surface area contributed by atoms with Crippen LogP contribution in [0.5, 0.6) is 0 Å². The van der Waals surface area contributed by atoms with Crippen molar-refractivity contribution >= 4 is 23.9 Å². The Morgan fingerprint density at radius 3 is 2.38 bits per heavy atom. The summed E-state index contributed by atoms with van der Waals surface area (Å²) in [5.41, 5.74) is 0.954. The van der Waals surface area contributed by atoms with Crippen molar-refractivity contribution in [3.8, 4) is 0 Å². The second kappa shape index (κ2) is 4.92. The first kappa shape index (κ1) is 10.1. The van der Waals surface area contributed by atoms with Crippen LogP contribution in [0.1, 0.15) is 6.92 Å². The van der Waals surface area contributed by atoms with Crippen LogP contribution in [0.4, 0.5) is 5.69 Å². The zero-order chi connectivity index (χ0) is 9.68. The Balaban J connectivity index is 2.83. The van der Waals surface area contributed by atoms with Crippen molar-refractivity contribution in [3.63, 3.8) is 0 Å². The van der Waals surface area contributed by atoms with E-state index in [1.807, 2.05) is 37.4 Å². The van der Waals surface area contributed by atoms with Crippen LogP contribution in [0.3, 0.4) is 0 Å². The topological polar surface area (TPSA) is 20.3 Å². The van der Waals surface area contributed by atoms with E-state index in [-0.39, 0.29) is 0 Å². The Labute approximate surface area is 82.9 Å². The highest BCUT2D eigenvalue weighted by molar-refractivity contribution is 7.98. The van der Waals surface area contributed by atoms with Crippen LogP contribution in [-0.2, 0) is 4.79 Å². The van der Waals surface area contributed by atoms with Gasteiger partial charge in [-0.15, -0.1) is 11.8 Å². The Bertz CT molecular complexity index is 271. The molecular weight excluding hydrogens is 182 g/mol. The number of amides is 1. The maximum Gasteiger partial charge on any atom is 0.214 e. The molecule has 13 heavy (non-hydrogen) atoms. The van der Waals surface area contributed by atoms with Gasteiger partial charge in [0.15, 0.2) is 0 Å². The average molecular weight is 195 g/mol. The van der Waals surface area contributed by atoms with Crippen molar-refractivity contribution in [1.82, 2.24) is 0 Å². The summed E-state index contributed by atoms with van der Waals surface area (Å²) in [5, 5.41) is 0. The van der Waals surface area contributed by atoms with E-state index >= 15 is 0 Å². The molecule has 0 heterocycles. The Hall–Kier alpha value is -0.960. The zero-order valence-corrected chi connectivity index (χ0v) is 8.67. The van der Waals surface area contributed by atoms with E-state index < -0.39 is 0 Å². The van der Waals surface area contributed by atoms with Gasteiger partial charge in [-0.25, -0.2) is 0 Å². The molecule has 0 N–H and O–H groups in total. The Morgan fingerprint density at radius 1 is 1.38 bits per heavy atom. The van der Waals surface area contributed by atoms with Crippen molar-refractivity contribution in [2.24, 2.45) is 0 Å². The minimum atomic E-state index is 0.710. The lowest BCUT2D eigenvalue weighted by Crippen LogP contribution is -2.19. The minimum Gasteiger partial charge on any atom is -0.315 e. The molecule has 1 aromatic rings. The summed E-state index contributed by atoms with van der Waals surface area (Å²) in [6.45, 7) is 2.67. The van der Waals surface area contributed by atoms with E-state index in [2.05, 4.69) is 0 Å². The molecule has 3 heteroatoms. The first-order valence-electron chi connectivity index (χ1n) is 4.17. The van der Waals surface area contributed by atoms with Crippen LogP contribution in [0.25, 0.3) is 0 Å². The van der Waals surface area contributed by atoms with E-state index in [0.29, 0.717) is 6.54 Å². The van der Waals surface area contributed by atoms with E-state index in [1.54, 1.807) is 16.7 Å². The van der Waals surface area contributed by atoms with E-state index in [0.717, 1.165) is 12.1 Å². The molecule has 70 valence electrons. The van der Waals surface area contributed by atoms with Crippen molar-refractivity contribution in [2.75, 3.05) is 17.7 Å². The van der Waals surface area contributed by atoms with Crippen molar-refractivity contribution in [3.05, 3.63) is 24.3 Å². The van der Waals surface area contributed by atoms with Crippen LogP contribution >= 0.6 is 11.8 Å². The number of hydrogen-bond acceptors (Lipinski definition) is 2. The molecule has 0 aromatic heterocycles. The van der Waals surface area contributed by atoms with Crippen LogP contribution in [0.15, 0.2) is 29.2 Å². The third-order valence-corrected chi connectivity index (χ3v) is 2.62. The van der Waals surface area contributed by atoms with Gasteiger partial charge >= 0.3 is 0 Å². The SMILES string of the molecule is CCN(C=O)c1ccc(SC)cc1. The van der Waals surface area contributed by atoms with Crippen LogP contribution in [-0.4, -0.2) is 19.2 Å². The first-order valence-corrected chi connectivity index (χ1v) is 5.40. The summed E-state index contributed by atoms with van der Waals surface area (Å²) in [6.07, 6.45) is 2.89. The third-order valence-electron chi connectivity index (χ3n) is 1.87. The lowest BCUT2D eigenvalue weighted by atomic mass is 10.3. The normalized spacial score (nSPS) is 9.69. The van der Waals surface area contributed by atoms with Gasteiger partial charge in [-0.2, -0.15) is 0 Å². The number of carbonyl (C=O) groups excluding carboxylic acids is 1. The van der Waals surface area contributed by atoms with Gasteiger partial charge in [0.25, 0.3) is 0 Å². The summed E-state index contributed by atoms with van der Waals surface area (Å²) < 4.78 is 0. The lowest BCUT2D eigenvalue weighted by Gasteiger charge is -2.14. The van der Waals surface area contributed by atoms with Gasteiger partial charge in [0.05, 0.1) is 0 Å². The molecule has 0 aliphatic heterocycles. The smallest absolute Gasteiger partial charge is 0.214 e. The fourth-order valence-corrected chi connectivity index (χ4v) is 1.50. The predicted octanol–water partition coefficient (Wildman–Crippen LogP) is 2.39. The highest BCUT2D eigenvalue weighted by Crippen LogP contribution is 2.19. The minimum absolute atomic E-state index is 0.710. The second-order valence-electron chi connectivity index (χ2n) is 2.59. The van der Waals surface area contributed by atoms with E-state index in [9.17, 15) is 4.79 Å². The number of rotatable bonds is 4. The highest BCUT2D eigenvalue weighted by Gasteiger charge is 2.00. The monoisotopic (exact) mass is 195 g/mol. The molecule has 1 amide bonds. The largest absolute Gasteiger partial charge is 0.315 e. The van der Waals surface area contributed by atoms with Gasteiger partial charge < -0.3 is 4.90 Å². The second-order valence-corrected chi connectivity index (χ2v) is 3.47. The van der Waals surface area contributed by atoms with Gasteiger partial charge in [0.1, 0.15) is 0 Å². The summed E-state index contributed by atoms with van der Waals surface area (Å²) in [6, 6.07) is 7.96. The van der Waals surface area contributed by atoms with Gasteiger partial charge in [-0.3, -0.25) is 4.79 Å². The molecule has 0 saturated heterocycles. The number of thioether (sulfide) groups is 1. The lowest BCUT2D eigenvalue weighted by molar-refractivity contribution is -0.107. The molecule has 0 unspecified atom stereocenters. The molecule has 1 rings (SSSR count). The molecule has 0 aliphatic carbocycles. The third kappa shape index (κ3) is 2.49. The van der Waals surface area contributed by atoms with Crippen LogP contribution in [0, 0.1) is 0 Å². The molecular formula is C10H13NOS. The summed E-state index contributed by atoms with van der Waals surface area (Å²) in [4.78, 5) is 13.5. The van der Waals surface area contributed by atoms with Crippen molar-refractivity contribution < 1.29 is 4.79 Å². The number of nitrogens with zero attached hydrogens (tertiary/aromatic N) is 1. The Kier molecular flexibility index (Phi) is 3.83.